The predicted molar refractivity (Wildman–Crippen MR) is 75.8 cm³/mol. The van der Waals surface area contributed by atoms with Gasteiger partial charge in [-0.05, 0) is 18.6 Å². The highest BCUT2D eigenvalue weighted by atomic mass is 32.1. The van der Waals surface area contributed by atoms with Crippen LogP contribution in [0.25, 0.3) is 10.2 Å². The Kier molecular flexibility index (Phi) is 3.99. The molecule has 6 heteroatoms. The maximum atomic E-state index is 11.5. The maximum Gasteiger partial charge on any atom is 0.239 e. The lowest BCUT2D eigenvalue weighted by Gasteiger charge is -2.09. The molecule has 1 amide bonds. The lowest BCUT2D eigenvalue weighted by atomic mass is 10.2. The van der Waals surface area contributed by atoms with Crippen LogP contribution in [0.2, 0.25) is 0 Å². The fourth-order valence-corrected chi connectivity index (χ4v) is 2.30. The van der Waals surface area contributed by atoms with E-state index in [9.17, 15) is 4.79 Å². The fourth-order valence-electron chi connectivity index (χ4n) is 1.61. The molecule has 0 saturated heterocycles. The molecule has 18 heavy (non-hydrogen) atoms. The van der Waals surface area contributed by atoms with Crippen LogP contribution in [-0.2, 0) is 4.79 Å². The molecule has 0 aliphatic carbocycles. The van der Waals surface area contributed by atoms with Gasteiger partial charge in [0, 0.05) is 6.54 Å². The Balaban J connectivity index is 2.03. The summed E-state index contributed by atoms with van der Waals surface area (Å²) in [4.78, 5) is 15.7. The number of nitrogen functional groups attached to an aromatic ring is 1. The van der Waals surface area contributed by atoms with E-state index in [1.165, 1.54) is 0 Å². The van der Waals surface area contributed by atoms with Gasteiger partial charge in [0.25, 0.3) is 0 Å². The van der Waals surface area contributed by atoms with E-state index in [2.05, 4.69) is 15.6 Å². The largest absolute Gasteiger partial charge is 0.395 e. The molecule has 1 aromatic carbocycles. The Morgan fingerprint density at radius 1 is 1.50 bits per heavy atom. The van der Waals surface area contributed by atoms with E-state index < -0.39 is 0 Å². The van der Waals surface area contributed by atoms with Gasteiger partial charge in [0.2, 0.25) is 5.91 Å². The number of rotatable bonds is 5. The number of nitrogens with zero attached hydrogens (tertiary/aromatic N) is 1. The van der Waals surface area contributed by atoms with E-state index in [4.69, 9.17) is 5.73 Å². The molecule has 0 aliphatic heterocycles. The third-order valence-corrected chi connectivity index (χ3v) is 3.35. The molecule has 0 fully saturated rings. The first-order chi connectivity index (χ1) is 8.72. The average Bonchev–Trinajstić information content (AvgIpc) is 2.84. The first kappa shape index (κ1) is 12.6. The van der Waals surface area contributed by atoms with E-state index in [0.29, 0.717) is 12.2 Å². The number of hydrogen-bond acceptors (Lipinski definition) is 5. The Morgan fingerprint density at radius 3 is 3.11 bits per heavy atom. The summed E-state index contributed by atoms with van der Waals surface area (Å²) in [6.45, 7) is 2.93. The maximum absolute atomic E-state index is 11.5. The number of hydrogen-bond donors (Lipinski definition) is 3. The molecule has 0 saturated carbocycles. The number of benzene rings is 1. The zero-order valence-electron chi connectivity index (χ0n) is 10.2. The summed E-state index contributed by atoms with van der Waals surface area (Å²) >= 11 is 1.55. The molecule has 1 aromatic heterocycles. The first-order valence-corrected chi connectivity index (χ1v) is 6.72. The van der Waals surface area contributed by atoms with Gasteiger partial charge in [-0.2, -0.15) is 0 Å². The molecule has 1 heterocycles. The van der Waals surface area contributed by atoms with Crippen molar-refractivity contribution in [1.82, 2.24) is 10.3 Å². The second kappa shape index (κ2) is 5.68. The first-order valence-electron chi connectivity index (χ1n) is 5.84. The smallest absolute Gasteiger partial charge is 0.239 e. The molecule has 5 nitrogen and oxygen atoms in total. The summed E-state index contributed by atoms with van der Waals surface area (Å²) in [6.07, 6.45) is 0.929. The van der Waals surface area contributed by atoms with Crippen molar-refractivity contribution in [2.45, 2.75) is 13.3 Å². The van der Waals surface area contributed by atoms with Gasteiger partial charge >= 0.3 is 0 Å². The van der Waals surface area contributed by atoms with E-state index in [1.54, 1.807) is 16.8 Å². The minimum Gasteiger partial charge on any atom is -0.395 e. The Morgan fingerprint density at radius 2 is 2.33 bits per heavy atom. The van der Waals surface area contributed by atoms with Crippen molar-refractivity contribution < 1.29 is 4.79 Å². The summed E-state index contributed by atoms with van der Waals surface area (Å²) in [6, 6.07) is 3.83. The topological polar surface area (TPSA) is 80.0 Å². The number of thiazole rings is 1. The number of nitrogens with two attached hydrogens (primary N) is 1. The van der Waals surface area contributed by atoms with Crippen LogP contribution in [0.15, 0.2) is 17.6 Å². The molecule has 0 radical (unpaired) electrons. The summed E-state index contributed by atoms with van der Waals surface area (Å²) in [5.74, 6) is -0.0328. The van der Waals surface area contributed by atoms with Crippen molar-refractivity contribution in [3.05, 3.63) is 17.6 Å². The molecule has 96 valence electrons. The number of fused-ring (bicyclic) bond motifs is 1. The summed E-state index contributed by atoms with van der Waals surface area (Å²) in [5.41, 5.74) is 9.90. The number of aromatic nitrogens is 1. The van der Waals surface area contributed by atoms with Gasteiger partial charge in [0.1, 0.15) is 5.52 Å². The molecule has 2 aromatic rings. The van der Waals surface area contributed by atoms with Gasteiger partial charge < -0.3 is 16.4 Å². The molecule has 4 N–H and O–H groups in total. The lowest BCUT2D eigenvalue weighted by Crippen LogP contribution is -2.30. The average molecular weight is 264 g/mol. The van der Waals surface area contributed by atoms with Crippen LogP contribution in [-0.4, -0.2) is 24.0 Å². The monoisotopic (exact) mass is 264 g/mol. The van der Waals surface area contributed by atoms with Gasteiger partial charge in [0.05, 0.1) is 28.1 Å². The van der Waals surface area contributed by atoms with Crippen LogP contribution in [0, 0.1) is 0 Å². The highest BCUT2D eigenvalue weighted by Gasteiger charge is 2.07. The molecule has 0 aliphatic rings. The van der Waals surface area contributed by atoms with E-state index in [1.807, 2.05) is 19.1 Å². The van der Waals surface area contributed by atoms with Crippen molar-refractivity contribution >= 4 is 38.8 Å². The van der Waals surface area contributed by atoms with Gasteiger partial charge in [-0.1, -0.05) is 6.92 Å². The highest BCUT2D eigenvalue weighted by Crippen LogP contribution is 2.29. The second-order valence-corrected chi connectivity index (χ2v) is 4.82. The SMILES string of the molecule is CCCNC(=O)CNc1ccc2scnc2c1N. The minimum atomic E-state index is -0.0328. The molecule has 0 atom stereocenters. The van der Waals surface area contributed by atoms with Crippen molar-refractivity contribution in [3.8, 4) is 0 Å². The number of amides is 1. The molecular weight excluding hydrogens is 248 g/mol. The van der Waals surface area contributed by atoms with E-state index in [0.717, 1.165) is 22.3 Å². The van der Waals surface area contributed by atoms with Crippen molar-refractivity contribution in [1.29, 1.82) is 0 Å². The number of nitrogens with one attached hydrogen (secondary N) is 2. The highest BCUT2D eigenvalue weighted by molar-refractivity contribution is 7.16. The normalized spacial score (nSPS) is 10.5. The Hall–Kier alpha value is -1.82. The molecular formula is C12H16N4OS. The van der Waals surface area contributed by atoms with E-state index >= 15 is 0 Å². The molecule has 0 unspecified atom stereocenters. The number of carbonyl (C=O) groups is 1. The second-order valence-electron chi connectivity index (χ2n) is 3.93. The summed E-state index contributed by atoms with van der Waals surface area (Å²) < 4.78 is 1.05. The Bertz CT molecular complexity index is 552. The number of anilines is 2. The fraction of sp³-hybridized carbons (Fsp3) is 0.333. The molecule has 0 spiro atoms. The van der Waals surface area contributed by atoms with Crippen LogP contribution in [0.5, 0.6) is 0 Å². The van der Waals surface area contributed by atoms with Crippen molar-refractivity contribution in [2.24, 2.45) is 0 Å². The van der Waals surface area contributed by atoms with E-state index in [-0.39, 0.29) is 12.5 Å². The van der Waals surface area contributed by atoms with Gasteiger partial charge in [-0.15, -0.1) is 11.3 Å². The lowest BCUT2D eigenvalue weighted by molar-refractivity contribution is -0.119. The molecule has 0 bridgehead atoms. The van der Waals surface area contributed by atoms with Gasteiger partial charge in [0.15, 0.2) is 0 Å². The molecule has 2 rings (SSSR count). The van der Waals surface area contributed by atoms with Crippen molar-refractivity contribution in [2.75, 3.05) is 24.1 Å². The standard InChI is InChI=1S/C12H16N4OS/c1-2-5-14-10(17)6-15-8-3-4-9-12(11(8)13)16-7-18-9/h3-4,7,15H,2,5-6,13H2,1H3,(H,14,17). The van der Waals surface area contributed by atoms with Crippen LogP contribution in [0.3, 0.4) is 0 Å². The van der Waals surface area contributed by atoms with Gasteiger partial charge in [-0.3, -0.25) is 4.79 Å². The predicted octanol–water partition coefficient (Wildman–Crippen LogP) is 1.82. The third kappa shape index (κ3) is 2.70. The zero-order valence-corrected chi connectivity index (χ0v) is 11.0. The Labute approximate surface area is 109 Å². The van der Waals surface area contributed by atoms with Crippen LogP contribution in [0.1, 0.15) is 13.3 Å². The van der Waals surface area contributed by atoms with Crippen molar-refractivity contribution in [3.63, 3.8) is 0 Å². The minimum absolute atomic E-state index is 0.0328. The van der Waals surface area contributed by atoms with Gasteiger partial charge in [-0.25, -0.2) is 4.98 Å². The van der Waals surface area contributed by atoms with Crippen LogP contribution < -0.4 is 16.4 Å². The van der Waals surface area contributed by atoms with Crippen LogP contribution >= 0.6 is 11.3 Å². The van der Waals surface area contributed by atoms with Crippen LogP contribution in [0.4, 0.5) is 11.4 Å². The summed E-state index contributed by atoms with van der Waals surface area (Å²) in [5, 5.41) is 5.83. The zero-order chi connectivity index (χ0) is 13.0. The quantitative estimate of drug-likeness (QED) is 0.720. The number of carbonyl (C=O) groups excluding carboxylic acids is 1. The summed E-state index contributed by atoms with van der Waals surface area (Å²) in [7, 11) is 0. The third-order valence-electron chi connectivity index (χ3n) is 2.55.